The highest BCUT2D eigenvalue weighted by molar-refractivity contribution is 8.01. The van der Waals surface area contributed by atoms with Crippen molar-refractivity contribution in [3.8, 4) is 11.5 Å². The number of carboxylic acid groups (broad SMARTS) is 1. The molecule has 0 spiro atoms. The van der Waals surface area contributed by atoms with E-state index in [4.69, 9.17) is 14.6 Å². The molecule has 1 heterocycles. The zero-order chi connectivity index (χ0) is 24.6. The first-order valence-corrected chi connectivity index (χ1v) is 12.3. The van der Waals surface area contributed by atoms with E-state index in [0.717, 1.165) is 25.7 Å². The average molecular weight is 508 g/mol. The first-order chi connectivity index (χ1) is 17.0. The quantitative estimate of drug-likeness (QED) is 0.180. The fourth-order valence-corrected chi connectivity index (χ4v) is 4.90. The predicted molar refractivity (Wildman–Crippen MR) is 137 cm³/mol. The molecule has 0 atom stereocenters. The van der Waals surface area contributed by atoms with Gasteiger partial charge in [0.2, 0.25) is 0 Å². The molecule has 1 aromatic heterocycles. The van der Waals surface area contributed by atoms with E-state index in [1.54, 1.807) is 41.7 Å². The van der Waals surface area contributed by atoms with Gasteiger partial charge in [0.05, 0.1) is 34.9 Å². The number of carbonyl (C=O) groups is 2. The van der Waals surface area contributed by atoms with Gasteiger partial charge in [-0.25, -0.2) is 15.2 Å². The van der Waals surface area contributed by atoms with E-state index in [1.165, 1.54) is 37.2 Å². The molecule has 178 valence electrons. The van der Waals surface area contributed by atoms with E-state index in [0.29, 0.717) is 11.5 Å². The van der Waals surface area contributed by atoms with Gasteiger partial charge in [-0.1, -0.05) is 36.0 Å². The van der Waals surface area contributed by atoms with Crippen LogP contribution in [0.25, 0.3) is 10.2 Å². The molecule has 0 aliphatic carbocycles. The summed E-state index contributed by atoms with van der Waals surface area (Å²) in [6, 6.07) is 19.6. The fraction of sp³-hybridized carbons (Fsp3) is 0.120. The third kappa shape index (κ3) is 6.58. The summed E-state index contributed by atoms with van der Waals surface area (Å²) < 4.78 is 13.1. The van der Waals surface area contributed by atoms with Gasteiger partial charge in [0.25, 0.3) is 5.91 Å². The van der Waals surface area contributed by atoms with E-state index < -0.39 is 5.97 Å². The van der Waals surface area contributed by atoms with Gasteiger partial charge < -0.3 is 14.6 Å². The zero-order valence-electron chi connectivity index (χ0n) is 18.6. The van der Waals surface area contributed by atoms with E-state index in [2.05, 4.69) is 15.5 Å². The normalized spacial score (nSPS) is 11.0. The number of methoxy groups -OCH3 is 1. The number of carbonyl (C=O) groups excluding carboxylic acids is 1. The van der Waals surface area contributed by atoms with Gasteiger partial charge >= 0.3 is 5.97 Å². The minimum atomic E-state index is -0.973. The molecule has 8 nitrogen and oxygen atoms in total. The average Bonchev–Trinajstić information content (AvgIpc) is 3.30. The number of aromatic carboxylic acids is 1. The number of carboxylic acids is 1. The lowest BCUT2D eigenvalue weighted by Gasteiger charge is -2.11. The van der Waals surface area contributed by atoms with Gasteiger partial charge in [0, 0.05) is 0 Å². The molecule has 4 rings (SSSR count). The van der Waals surface area contributed by atoms with Crippen LogP contribution < -0.4 is 14.9 Å². The Hall–Kier alpha value is -3.89. The van der Waals surface area contributed by atoms with Gasteiger partial charge in [-0.15, -0.1) is 11.3 Å². The largest absolute Gasteiger partial charge is 0.493 e. The Morgan fingerprint density at radius 2 is 1.91 bits per heavy atom. The summed E-state index contributed by atoms with van der Waals surface area (Å²) in [7, 11) is 1.53. The zero-order valence-corrected chi connectivity index (χ0v) is 20.3. The molecule has 35 heavy (non-hydrogen) atoms. The maximum Gasteiger partial charge on any atom is 0.335 e. The first-order valence-electron chi connectivity index (χ1n) is 10.4. The number of hydrogen-bond donors (Lipinski definition) is 2. The Morgan fingerprint density at radius 3 is 2.66 bits per heavy atom. The third-order valence-corrected chi connectivity index (χ3v) is 6.97. The fourth-order valence-electron chi connectivity index (χ4n) is 3.04. The molecule has 0 saturated heterocycles. The summed E-state index contributed by atoms with van der Waals surface area (Å²) >= 11 is 2.92. The van der Waals surface area contributed by atoms with Gasteiger partial charge in [-0.2, -0.15) is 5.10 Å². The van der Waals surface area contributed by atoms with Crippen LogP contribution in [0.1, 0.15) is 21.5 Å². The summed E-state index contributed by atoms with van der Waals surface area (Å²) in [5.41, 5.74) is 5.21. The number of ether oxygens (including phenoxy) is 2. The highest BCUT2D eigenvalue weighted by Gasteiger charge is 2.09. The minimum absolute atomic E-state index is 0.209. The number of nitrogens with one attached hydrogen (secondary N) is 1. The monoisotopic (exact) mass is 507 g/mol. The number of thiazole rings is 1. The number of benzene rings is 3. The second-order valence-corrected chi connectivity index (χ2v) is 9.48. The summed E-state index contributed by atoms with van der Waals surface area (Å²) in [6.07, 6.45) is 1.52. The van der Waals surface area contributed by atoms with Crippen molar-refractivity contribution in [1.29, 1.82) is 0 Å². The molecule has 0 saturated carbocycles. The summed E-state index contributed by atoms with van der Waals surface area (Å²) in [6.45, 7) is 0.256. The molecular weight excluding hydrogens is 486 g/mol. The van der Waals surface area contributed by atoms with Crippen molar-refractivity contribution in [3.63, 3.8) is 0 Å². The van der Waals surface area contributed by atoms with E-state index in [9.17, 15) is 9.59 Å². The topological polar surface area (TPSA) is 110 Å². The van der Waals surface area contributed by atoms with Gasteiger partial charge in [-0.05, 0) is 53.6 Å². The van der Waals surface area contributed by atoms with Crippen molar-refractivity contribution in [3.05, 3.63) is 83.4 Å². The number of hydrazone groups is 1. The molecule has 0 bridgehead atoms. The van der Waals surface area contributed by atoms with Crippen molar-refractivity contribution in [2.75, 3.05) is 12.9 Å². The molecular formula is C25H21N3O5S2. The number of rotatable bonds is 10. The molecule has 0 unspecified atom stereocenters. The predicted octanol–water partition coefficient (Wildman–Crippen LogP) is 4.82. The molecule has 0 radical (unpaired) electrons. The molecule has 0 fully saturated rings. The van der Waals surface area contributed by atoms with Crippen molar-refractivity contribution >= 4 is 51.4 Å². The number of aromatic nitrogens is 1. The summed E-state index contributed by atoms with van der Waals surface area (Å²) in [5, 5.41) is 13.0. The Balaban J connectivity index is 1.28. The number of amides is 1. The van der Waals surface area contributed by atoms with Crippen molar-refractivity contribution in [2.45, 2.75) is 10.9 Å². The maximum absolute atomic E-state index is 12.1. The number of nitrogens with zero attached hydrogens (tertiary/aromatic N) is 2. The molecule has 1 amide bonds. The minimum Gasteiger partial charge on any atom is -0.493 e. The van der Waals surface area contributed by atoms with Crippen LogP contribution in [0.15, 0.2) is 76.2 Å². The number of para-hydroxylation sites is 1. The van der Waals surface area contributed by atoms with Crippen LogP contribution in [0.3, 0.4) is 0 Å². The van der Waals surface area contributed by atoms with Crippen molar-refractivity contribution in [2.24, 2.45) is 5.10 Å². The lowest BCUT2D eigenvalue weighted by atomic mass is 10.1. The van der Waals surface area contributed by atoms with Gasteiger partial charge in [0.1, 0.15) is 6.61 Å². The van der Waals surface area contributed by atoms with Crippen LogP contribution in [0.5, 0.6) is 11.5 Å². The molecule has 0 aliphatic rings. The maximum atomic E-state index is 12.1. The molecule has 4 aromatic rings. The SMILES string of the molecule is COc1cc(/C=N\NC(=O)CSc2nc3ccccc3s2)ccc1OCc1ccc(C(=O)O)cc1. The van der Waals surface area contributed by atoms with Crippen LogP contribution in [0, 0.1) is 0 Å². The Labute approximate surface area is 209 Å². The standard InChI is InChI=1S/C25H21N3O5S2/c1-32-21-12-17(8-11-20(21)33-14-16-6-9-18(10-7-16)24(30)31)13-26-28-23(29)15-34-25-27-19-4-2-3-5-22(19)35-25/h2-13H,14-15H2,1H3,(H,28,29)(H,30,31)/b26-13-. The summed E-state index contributed by atoms with van der Waals surface area (Å²) in [4.78, 5) is 27.6. The van der Waals surface area contributed by atoms with E-state index >= 15 is 0 Å². The Kier molecular flexibility index (Phi) is 7.96. The highest BCUT2D eigenvalue weighted by Crippen LogP contribution is 2.29. The van der Waals surface area contributed by atoms with Crippen LogP contribution in [0.2, 0.25) is 0 Å². The lowest BCUT2D eigenvalue weighted by molar-refractivity contribution is -0.118. The summed E-state index contributed by atoms with van der Waals surface area (Å²) in [5.74, 6) is 0.0451. The van der Waals surface area contributed by atoms with Crippen LogP contribution >= 0.6 is 23.1 Å². The van der Waals surface area contributed by atoms with Gasteiger partial charge in [-0.3, -0.25) is 4.79 Å². The van der Waals surface area contributed by atoms with Crippen molar-refractivity contribution in [1.82, 2.24) is 10.4 Å². The van der Waals surface area contributed by atoms with E-state index in [-0.39, 0.29) is 23.8 Å². The van der Waals surface area contributed by atoms with Crippen LogP contribution in [0.4, 0.5) is 0 Å². The number of hydrogen-bond acceptors (Lipinski definition) is 8. The Morgan fingerprint density at radius 1 is 1.11 bits per heavy atom. The number of thioether (sulfide) groups is 1. The first kappa shape index (κ1) is 24.2. The molecule has 0 aliphatic heterocycles. The third-order valence-electron chi connectivity index (χ3n) is 4.79. The molecule has 10 heteroatoms. The van der Waals surface area contributed by atoms with Crippen LogP contribution in [-0.2, 0) is 11.4 Å². The number of fused-ring (bicyclic) bond motifs is 1. The van der Waals surface area contributed by atoms with Crippen LogP contribution in [-0.4, -0.2) is 41.0 Å². The van der Waals surface area contributed by atoms with Gasteiger partial charge in [0.15, 0.2) is 15.8 Å². The molecule has 3 aromatic carbocycles. The van der Waals surface area contributed by atoms with E-state index in [1.807, 2.05) is 24.3 Å². The molecule has 2 N–H and O–H groups in total. The lowest BCUT2D eigenvalue weighted by Crippen LogP contribution is -2.19. The highest BCUT2D eigenvalue weighted by atomic mass is 32.2. The second-order valence-electron chi connectivity index (χ2n) is 7.23. The van der Waals surface area contributed by atoms with Crippen molar-refractivity contribution < 1.29 is 24.2 Å². The smallest absolute Gasteiger partial charge is 0.335 e. The second kappa shape index (κ2) is 11.5. The Bertz CT molecular complexity index is 1340.